The van der Waals surface area contributed by atoms with Gasteiger partial charge in [0.1, 0.15) is 23.8 Å². The van der Waals surface area contributed by atoms with Crippen molar-refractivity contribution in [2.24, 2.45) is 0 Å². The summed E-state index contributed by atoms with van der Waals surface area (Å²) < 4.78 is 23.9. The smallest absolute Gasteiger partial charge is 0.134 e. The van der Waals surface area contributed by atoms with Crippen molar-refractivity contribution in [3.8, 4) is 5.75 Å². The van der Waals surface area contributed by atoms with Crippen molar-refractivity contribution in [2.45, 2.75) is 13.5 Å². The molecule has 0 aliphatic carbocycles. The van der Waals surface area contributed by atoms with Gasteiger partial charge in [-0.3, -0.25) is 0 Å². The number of fused-ring (bicyclic) bond motifs is 1. The third-order valence-electron chi connectivity index (χ3n) is 3.02. The lowest BCUT2D eigenvalue weighted by Crippen LogP contribution is -1.94. The van der Waals surface area contributed by atoms with Gasteiger partial charge in [-0.2, -0.15) is 0 Å². The summed E-state index contributed by atoms with van der Waals surface area (Å²) in [6, 6.07) is 12.1. The summed E-state index contributed by atoms with van der Waals surface area (Å²) in [7, 11) is 0. The maximum atomic E-state index is 12.8. The highest BCUT2D eigenvalue weighted by Gasteiger charge is 2.06. The molecule has 19 heavy (non-hydrogen) atoms. The van der Waals surface area contributed by atoms with Crippen LogP contribution in [0.3, 0.4) is 0 Å². The van der Waals surface area contributed by atoms with Gasteiger partial charge in [-0.25, -0.2) is 4.39 Å². The van der Waals surface area contributed by atoms with Crippen molar-refractivity contribution in [2.75, 3.05) is 0 Å². The standard InChI is InChI=1S/C16H13FO2/c1-11-2-7-15-12(10-19-16(15)8-11)9-18-14-5-3-13(17)4-6-14/h2-8,10H,9H2,1H3. The van der Waals surface area contributed by atoms with Crippen LogP contribution in [0, 0.1) is 12.7 Å². The molecule has 0 bridgehead atoms. The fraction of sp³-hybridized carbons (Fsp3) is 0.125. The second-order valence-electron chi connectivity index (χ2n) is 4.50. The first-order valence-electron chi connectivity index (χ1n) is 6.07. The molecule has 1 aromatic heterocycles. The molecule has 3 rings (SSSR count). The Balaban J connectivity index is 1.80. The Morgan fingerprint density at radius 1 is 1.11 bits per heavy atom. The van der Waals surface area contributed by atoms with Gasteiger partial charge in [-0.15, -0.1) is 0 Å². The Labute approximate surface area is 110 Å². The van der Waals surface area contributed by atoms with Crippen LogP contribution in [-0.4, -0.2) is 0 Å². The van der Waals surface area contributed by atoms with E-state index in [2.05, 4.69) is 0 Å². The quantitative estimate of drug-likeness (QED) is 0.690. The third-order valence-corrected chi connectivity index (χ3v) is 3.02. The van der Waals surface area contributed by atoms with Gasteiger partial charge in [-0.05, 0) is 42.8 Å². The summed E-state index contributed by atoms with van der Waals surface area (Å²) >= 11 is 0. The molecule has 2 nitrogen and oxygen atoms in total. The van der Waals surface area contributed by atoms with Crippen molar-refractivity contribution in [3.63, 3.8) is 0 Å². The van der Waals surface area contributed by atoms with E-state index in [-0.39, 0.29) is 5.82 Å². The number of furan rings is 1. The molecule has 0 saturated heterocycles. The second-order valence-corrected chi connectivity index (χ2v) is 4.50. The number of benzene rings is 2. The van der Waals surface area contributed by atoms with E-state index in [1.165, 1.54) is 12.1 Å². The lowest BCUT2D eigenvalue weighted by molar-refractivity contribution is 0.305. The summed E-state index contributed by atoms with van der Waals surface area (Å²) in [5.74, 6) is 0.374. The van der Waals surface area contributed by atoms with E-state index >= 15 is 0 Å². The van der Waals surface area contributed by atoms with Crippen LogP contribution in [0.15, 0.2) is 53.1 Å². The fourth-order valence-corrected chi connectivity index (χ4v) is 1.99. The van der Waals surface area contributed by atoms with E-state index < -0.39 is 0 Å². The predicted molar refractivity (Wildman–Crippen MR) is 71.7 cm³/mol. The maximum absolute atomic E-state index is 12.8. The third kappa shape index (κ3) is 2.45. The summed E-state index contributed by atoms with van der Waals surface area (Å²) in [4.78, 5) is 0. The minimum atomic E-state index is -0.267. The summed E-state index contributed by atoms with van der Waals surface area (Å²) in [6.45, 7) is 2.43. The molecule has 0 fully saturated rings. The highest BCUT2D eigenvalue weighted by Crippen LogP contribution is 2.23. The Kier molecular flexibility index (Phi) is 2.95. The minimum Gasteiger partial charge on any atom is -0.489 e. The van der Waals surface area contributed by atoms with Gasteiger partial charge in [0.2, 0.25) is 0 Å². The number of aryl methyl sites for hydroxylation is 1. The SMILES string of the molecule is Cc1ccc2c(COc3ccc(F)cc3)coc2c1. The maximum Gasteiger partial charge on any atom is 0.134 e. The van der Waals surface area contributed by atoms with E-state index in [9.17, 15) is 4.39 Å². The molecule has 0 spiro atoms. The number of rotatable bonds is 3. The molecule has 0 aliphatic rings. The Hall–Kier alpha value is -2.29. The summed E-state index contributed by atoms with van der Waals surface area (Å²) in [6.07, 6.45) is 1.70. The zero-order valence-electron chi connectivity index (χ0n) is 10.5. The monoisotopic (exact) mass is 256 g/mol. The van der Waals surface area contributed by atoms with E-state index in [1.54, 1.807) is 18.4 Å². The fourth-order valence-electron chi connectivity index (χ4n) is 1.99. The highest BCUT2D eigenvalue weighted by atomic mass is 19.1. The van der Waals surface area contributed by atoms with Gasteiger partial charge in [0.05, 0.1) is 6.26 Å². The minimum absolute atomic E-state index is 0.267. The molecule has 0 atom stereocenters. The van der Waals surface area contributed by atoms with Crippen molar-refractivity contribution >= 4 is 11.0 Å². The molecule has 0 amide bonds. The van der Waals surface area contributed by atoms with Gasteiger partial charge in [-0.1, -0.05) is 12.1 Å². The Morgan fingerprint density at radius 2 is 1.89 bits per heavy atom. The normalized spacial score (nSPS) is 10.8. The number of halogens is 1. The van der Waals surface area contributed by atoms with Crippen molar-refractivity contribution < 1.29 is 13.5 Å². The molecule has 0 radical (unpaired) electrons. The Morgan fingerprint density at radius 3 is 2.68 bits per heavy atom. The average Bonchev–Trinajstić information content (AvgIpc) is 2.80. The molecule has 0 saturated carbocycles. The Bertz CT molecular complexity index is 698. The molecule has 96 valence electrons. The van der Waals surface area contributed by atoms with Crippen LogP contribution in [0.25, 0.3) is 11.0 Å². The van der Waals surface area contributed by atoms with Crippen molar-refractivity contribution in [3.05, 3.63) is 65.7 Å². The van der Waals surface area contributed by atoms with Crippen LogP contribution >= 0.6 is 0 Å². The zero-order chi connectivity index (χ0) is 13.2. The first-order valence-corrected chi connectivity index (χ1v) is 6.07. The summed E-state index contributed by atoms with van der Waals surface area (Å²) in [5.41, 5.74) is 3.00. The van der Waals surface area contributed by atoms with E-state index in [1.807, 2.05) is 25.1 Å². The van der Waals surface area contributed by atoms with Crippen molar-refractivity contribution in [1.82, 2.24) is 0 Å². The van der Waals surface area contributed by atoms with Gasteiger partial charge in [0, 0.05) is 10.9 Å². The van der Waals surface area contributed by atoms with E-state index in [4.69, 9.17) is 9.15 Å². The first kappa shape index (κ1) is 11.8. The van der Waals surface area contributed by atoms with Crippen LogP contribution in [-0.2, 0) is 6.61 Å². The zero-order valence-corrected chi connectivity index (χ0v) is 10.5. The molecule has 3 aromatic rings. The predicted octanol–water partition coefficient (Wildman–Crippen LogP) is 4.46. The molecule has 3 heteroatoms. The van der Waals surface area contributed by atoms with E-state index in [0.29, 0.717) is 12.4 Å². The molecule has 1 heterocycles. The average molecular weight is 256 g/mol. The lowest BCUT2D eigenvalue weighted by atomic mass is 10.1. The topological polar surface area (TPSA) is 22.4 Å². The first-order chi connectivity index (χ1) is 9.22. The molecular formula is C16H13FO2. The number of hydrogen-bond acceptors (Lipinski definition) is 2. The molecule has 0 unspecified atom stereocenters. The number of ether oxygens (including phenoxy) is 1. The van der Waals surface area contributed by atoms with Gasteiger partial charge >= 0.3 is 0 Å². The molecular weight excluding hydrogens is 243 g/mol. The van der Waals surface area contributed by atoms with Crippen molar-refractivity contribution in [1.29, 1.82) is 0 Å². The summed E-state index contributed by atoms with van der Waals surface area (Å²) in [5, 5.41) is 1.05. The largest absolute Gasteiger partial charge is 0.489 e. The molecule has 0 aliphatic heterocycles. The van der Waals surface area contributed by atoms with Crippen LogP contribution in [0.4, 0.5) is 4.39 Å². The van der Waals surface area contributed by atoms with Gasteiger partial charge in [0.25, 0.3) is 0 Å². The number of hydrogen-bond donors (Lipinski definition) is 0. The van der Waals surface area contributed by atoms with Gasteiger partial charge < -0.3 is 9.15 Å². The lowest BCUT2D eigenvalue weighted by Gasteiger charge is -2.04. The van der Waals surface area contributed by atoms with E-state index in [0.717, 1.165) is 22.1 Å². The van der Waals surface area contributed by atoms with Crippen LogP contribution in [0.5, 0.6) is 5.75 Å². The molecule has 0 N–H and O–H groups in total. The van der Waals surface area contributed by atoms with Gasteiger partial charge in [0.15, 0.2) is 0 Å². The highest BCUT2D eigenvalue weighted by molar-refractivity contribution is 5.81. The molecule has 2 aromatic carbocycles. The van der Waals surface area contributed by atoms with Crippen LogP contribution < -0.4 is 4.74 Å². The van der Waals surface area contributed by atoms with Crippen LogP contribution in [0.2, 0.25) is 0 Å². The van der Waals surface area contributed by atoms with Crippen LogP contribution in [0.1, 0.15) is 11.1 Å². The second kappa shape index (κ2) is 4.76.